The number of halogens is 1. The van der Waals surface area contributed by atoms with E-state index in [0.29, 0.717) is 37.1 Å². The van der Waals surface area contributed by atoms with E-state index in [1.54, 1.807) is 19.2 Å². The molecule has 0 atom stereocenters. The van der Waals surface area contributed by atoms with Gasteiger partial charge < -0.3 is 15.7 Å². The number of carbonyl (C=O) groups is 1. The number of nitrogens with one attached hydrogen (secondary N) is 2. The molecule has 1 amide bonds. The van der Waals surface area contributed by atoms with E-state index >= 15 is 0 Å². The summed E-state index contributed by atoms with van der Waals surface area (Å²) in [5.41, 5.74) is -1.09. The molecule has 3 N–H and O–H groups in total. The van der Waals surface area contributed by atoms with Crippen molar-refractivity contribution in [2.45, 2.75) is 56.1 Å². The van der Waals surface area contributed by atoms with Crippen molar-refractivity contribution in [2.24, 2.45) is 5.41 Å². The van der Waals surface area contributed by atoms with Crippen LogP contribution in [0, 0.1) is 18.2 Å². The van der Waals surface area contributed by atoms with E-state index in [9.17, 15) is 27.5 Å². The highest BCUT2D eigenvalue weighted by atomic mass is 32.2. The third-order valence-corrected chi connectivity index (χ3v) is 9.40. The van der Waals surface area contributed by atoms with Gasteiger partial charge >= 0.3 is 0 Å². The fourth-order valence-electron chi connectivity index (χ4n) is 5.53. The molecule has 1 saturated carbocycles. The van der Waals surface area contributed by atoms with Crippen molar-refractivity contribution in [2.75, 3.05) is 13.7 Å². The summed E-state index contributed by atoms with van der Waals surface area (Å²) < 4.78 is 45.9. The average Bonchev–Trinajstić information content (AvgIpc) is 3.18. The van der Waals surface area contributed by atoms with Crippen LogP contribution in [0.5, 0.6) is 5.75 Å². The lowest BCUT2D eigenvalue weighted by molar-refractivity contribution is 0.0629. The molecule has 1 fully saturated rings. The molecule has 6 rings (SSSR count). The maximum atomic E-state index is 13.4. The number of hydrogen-bond acceptors (Lipinski definition) is 8. The molecule has 0 unspecified atom stereocenters. The van der Waals surface area contributed by atoms with Gasteiger partial charge in [-0.1, -0.05) is 29.8 Å². The molecule has 0 saturated heterocycles. The molecule has 3 heterocycles. The zero-order valence-electron chi connectivity index (χ0n) is 22.2. The smallest absolute Gasteiger partial charge is 0.296 e. The van der Waals surface area contributed by atoms with Gasteiger partial charge in [-0.25, -0.2) is 9.37 Å². The molecule has 12 heteroatoms. The molecule has 2 aromatic carbocycles. The van der Waals surface area contributed by atoms with Crippen molar-refractivity contribution in [3.63, 3.8) is 0 Å². The first kappa shape index (κ1) is 27.9. The number of aryl methyl sites for hydroxylation is 1. The number of aromatic nitrogens is 2. The maximum Gasteiger partial charge on any atom is 0.296 e. The second kappa shape index (κ2) is 10.4. The lowest BCUT2D eigenvalue weighted by Gasteiger charge is -2.41. The van der Waals surface area contributed by atoms with Crippen LogP contribution in [0.2, 0.25) is 0 Å². The van der Waals surface area contributed by atoms with Crippen LogP contribution in [0.15, 0.2) is 58.2 Å². The van der Waals surface area contributed by atoms with E-state index in [1.165, 1.54) is 41.0 Å². The van der Waals surface area contributed by atoms with Gasteiger partial charge in [0.05, 0.1) is 17.0 Å². The third-order valence-electron chi connectivity index (χ3n) is 8.12. The van der Waals surface area contributed by atoms with Gasteiger partial charge in [0.25, 0.3) is 21.6 Å². The highest BCUT2D eigenvalue weighted by molar-refractivity contribution is 7.86. The number of hydrogen-bond donors (Lipinski definition) is 3. The van der Waals surface area contributed by atoms with Gasteiger partial charge in [-0.15, -0.1) is 0 Å². The van der Waals surface area contributed by atoms with Gasteiger partial charge in [0.1, 0.15) is 11.6 Å². The van der Waals surface area contributed by atoms with Crippen LogP contribution in [0.3, 0.4) is 0 Å². The Hall–Kier alpha value is -3.61. The second-order valence-electron chi connectivity index (χ2n) is 10.7. The Morgan fingerprint density at radius 3 is 2.38 bits per heavy atom. The van der Waals surface area contributed by atoms with Crippen LogP contribution in [-0.2, 0) is 32.9 Å². The molecule has 2 bridgehead atoms. The molecular weight excluding hydrogens is 539 g/mol. The van der Waals surface area contributed by atoms with E-state index in [1.807, 2.05) is 6.92 Å². The van der Waals surface area contributed by atoms with Crippen LogP contribution in [0.25, 0.3) is 0 Å². The average molecular weight is 571 g/mol. The van der Waals surface area contributed by atoms with Crippen molar-refractivity contribution in [1.82, 2.24) is 20.2 Å². The van der Waals surface area contributed by atoms with Gasteiger partial charge in [-0.3, -0.25) is 18.3 Å². The summed E-state index contributed by atoms with van der Waals surface area (Å²) in [5.74, 6) is -1.63. The predicted molar refractivity (Wildman–Crippen MR) is 144 cm³/mol. The Morgan fingerprint density at radius 2 is 1.75 bits per heavy atom. The Kier molecular flexibility index (Phi) is 7.28. The first-order valence-corrected chi connectivity index (χ1v) is 14.4. The molecule has 1 aromatic heterocycles. The van der Waals surface area contributed by atoms with E-state index in [-0.39, 0.29) is 24.6 Å². The first-order valence-electron chi connectivity index (χ1n) is 13.0. The van der Waals surface area contributed by atoms with Gasteiger partial charge in [0, 0.05) is 18.5 Å². The van der Waals surface area contributed by atoms with Crippen LogP contribution < -0.4 is 16.2 Å². The summed E-state index contributed by atoms with van der Waals surface area (Å²) in [5, 5.41) is 16.7. The van der Waals surface area contributed by atoms with Crippen molar-refractivity contribution < 1.29 is 26.9 Å². The number of fused-ring (bicyclic) bond motifs is 2. The lowest BCUT2D eigenvalue weighted by Crippen LogP contribution is -2.46. The zero-order chi connectivity index (χ0) is 28.7. The fourth-order valence-corrected chi connectivity index (χ4v) is 6.55. The normalized spacial score (nSPS) is 22.0. The van der Waals surface area contributed by atoms with Gasteiger partial charge in [0.15, 0.2) is 5.69 Å². The van der Waals surface area contributed by atoms with E-state index in [4.69, 9.17) is 4.18 Å². The van der Waals surface area contributed by atoms with E-state index in [0.717, 1.165) is 5.56 Å². The second-order valence-corrected chi connectivity index (χ2v) is 12.3. The summed E-state index contributed by atoms with van der Waals surface area (Å²) in [6.45, 7) is 1.84. The SMILES string of the molecule is CNC12CCC(COS(=O)(=O)c3ccc(C)cc3)(CC1)Cn1c2nc(C(=O)NCc2ccc(F)cc2)c(O)c1=O. The molecule has 3 aromatic rings. The fraction of sp³-hybridized carbons (Fsp3) is 0.393. The molecule has 2 aliphatic heterocycles. The number of amides is 1. The van der Waals surface area contributed by atoms with Gasteiger partial charge in [-0.05, 0) is 69.5 Å². The molecule has 40 heavy (non-hydrogen) atoms. The van der Waals surface area contributed by atoms with Gasteiger partial charge in [-0.2, -0.15) is 8.42 Å². The Morgan fingerprint density at radius 1 is 1.10 bits per heavy atom. The maximum absolute atomic E-state index is 13.4. The largest absolute Gasteiger partial charge is 0.501 e. The Balaban J connectivity index is 1.43. The first-order chi connectivity index (χ1) is 19.0. The third kappa shape index (κ3) is 5.14. The van der Waals surface area contributed by atoms with Crippen LogP contribution in [0.4, 0.5) is 4.39 Å². The van der Waals surface area contributed by atoms with Crippen molar-refractivity contribution in [1.29, 1.82) is 0 Å². The summed E-state index contributed by atoms with van der Waals surface area (Å²) in [6, 6.07) is 11.9. The number of nitrogens with zero attached hydrogens (tertiary/aromatic N) is 2. The van der Waals surface area contributed by atoms with Gasteiger partial charge in [0.2, 0.25) is 5.75 Å². The molecule has 3 aliphatic rings. The van der Waals surface area contributed by atoms with Crippen molar-refractivity contribution in [3.8, 4) is 5.75 Å². The van der Waals surface area contributed by atoms with Crippen molar-refractivity contribution in [3.05, 3.63) is 87.3 Å². The summed E-state index contributed by atoms with van der Waals surface area (Å²) in [4.78, 5) is 31.0. The monoisotopic (exact) mass is 570 g/mol. The topological polar surface area (TPSA) is 140 Å². The molecule has 0 radical (unpaired) electrons. The predicted octanol–water partition coefficient (Wildman–Crippen LogP) is 2.72. The molecule has 10 nitrogen and oxygen atoms in total. The quantitative estimate of drug-likeness (QED) is 0.352. The molecule has 1 aliphatic carbocycles. The van der Waals surface area contributed by atoms with E-state index in [2.05, 4.69) is 15.6 Å². The van der Waals surface area contributed by atoms with E-state index < -0.39 is 49.8 Å². The molecule has 212 valence electrons. The minimum Gasteiger partial charge on any atom is -0.501 e. The zero-order valence-corrected chi connectivity index (χ0v) is 23.1. The number of benzene rings is 2. The summed E-state index contributed by atoms with van der Waals surface area (Å²) >= 11 is 0. The van der Waals surface area contributed by atoms with Crippen LogP contribution in [0.1, 0.15) is 53.1 Å². The number of aromatic hydroxyl groups is 1. The van der Waals surface area contributed by atoms with Crippen molar-refractivity contribution >= 4 is 16.0 Å². The molecular formula is C28H31FN4O6S. The van der Waals surface area contributed by atoms with Crippen LogP contribution >= 0.6 is 0 Å². The number of rotatable bonds is 8. The summed E-state index contributed by atoms with van der Waals surface area (Å²) in [7, 11) is -2.28. The van der Waals surface area contributed by atoms with Crippen LogP contribution in [-0.4, -0.2) is 42.6 Å². The lowest BCUT2D eigenvalue weighted by atomic mass is 9.69. The molecule has 0 spiro atoms. The minimum atomic E-state index is -4.03. The Bertz CT molecular complexity index is 1600. The highest BCUT2D eigenvalue weighted by Crippen LogP contribution is 2.49. The minimum absolute atomic E-state index is 0.0473. The highest BCUT2D eigenvalue weighted by Gasteiger charge is 2.50. The standard InChI is InChI=1S/C28H31FN4O6S/c1-18-3-9-21(10-4-18)40(37,38)39-17-27-11-13-28(30-2,14-12-27)26-32-22(23(34)25(36)33(26)16-27)24(35)31-15-19-5-7-20(29)8-6-19/h3-10,30,34H,11-17H2,1-2H3,(H,31,35). The Labute approximate surface area is 231 Å². The summed E-state index contributed by atoms with van der Waals surface area (Å²) in [6.07, 6.45) is 2.11. The number of carbonyl (C=O) groups excluding carboxylic acids is 1.